The third kappa shape index (κ3) is 2.64. The van der Waals surface area contributed by atoms with Gasteiger partial charge < -0.3 is 10.1 Å². The average molecular weight is 281 g/mol. The molecule has 0 unspecified atom stereocenters. The van der Waals surface area contributed by atoms with Gasteiger partial charge in [-0.15, -0.1) is 0 Å². The minimum Gasteiger partial charge on any atom is -0.493 e. The zero-order chi connectivity index (χ0) is 14.8. The van der Waals surface area contributed by atoms with Gasteiger partial charge in [0, 0.05) is 17.5 Å². The number of fused-ring (bicyclic) bond motifs is 1. The summed E-state index contributed by atoms with van der Waals surface area (Å²) in [6.45, 7) is 4.65. The highest BCUT2D eigenvalue weighted by Gasteiger charge is 2.23. The number of benzene rings is 2. The number of hydrogen-bond acceptors (Lipinski definition) is 2. The van der Waals surface area contributed by atoms with Gasteiger partial charge in [-0.1, -0.05) is 30.3 Å². The summed E-state index contributed by atoms with van der Waals surface area (Å²) in [6, 6.07) is 13.7. The second-order valence-corrected chi connectivity index (χ2v) is 5.45. The van der Waals surface area contributed by atoms with Crippen molar-refractivity contribution < 1.29 is 9.53 Å². The van der Waals surface area contributed by atoms with Crippen molar-refractivity contribution in [3.8, 4) is 5.75 Å². The normalized spacial score (nSPS) is 16.8. The van der Waals surface area contributed by atoms with Crippen LogP contribution in [-0.2, 0) is 0 Å². The lowest BCUT2D eigenvalue weighted by molar-refractivity contribution is 0.0924. The molecule has 0 bridgehead atoms. The minimum absolute atomic E-state index is 0.0158. The Morgan fingerprint density at radius 3 is 2.81 bits per heavy atom. The molecule has 0 spiro atoms. The summed E-state index contributed by atoms with van der Waals surface area (Å²) >= 11 is 0. The highest BCUT2D eigenvalue weighted by atomic mass is 16.5. The lowest BCUT2D eigenvalue weighted by atomic mass is 9.98. The number of aryl methyl sites for hydroxylation is 1. The van der Waals surface area contributed by atoms with Crippen LogP contribution in [0.2, 0.25) is 0 Å². The average Bonchev–Trinajstić information content (AvgIpc) is 2.50. The number of rotatable bonds is 2. The Morgan fingerprint density at radius 1 is 1.14 bits per heavy atom. The quantitative estimate of drug-likeness (QED) is 0.914. The van der Waals surface area contributed by atoms with E-state index in [4.69, 9.17) is 4.74 Å². The van der Waals surface area contributed by atoms with Crippen molar-refractivity contribution in [1.29, 1.82) is 0 Å². The maximum atomic E-state index is 12.5. The van der Waals surface area contributed by atoms with Gasteiger partial charge in [0.25, 0.3) is 5.91 Å². The number of amides is 1. The van der Waals surface area contributed by atoms with Crippen molar-refractivity contribution in [2.45, 2.75) is 26.3 Å². The summed E-state index contributed by atoms with van der Waals surface area (Å²) in [5.74, 6) is 0.855. The van der Waals surface area contributed by atoms with Crippen molar-refractivity contribution in [3.05, 3.63) is 64.7 Å². The Morgan fingerprint density at radius 2 is 1.95 bits per heavy atom. The first-order valence-corrected chi connectivity index (χ1v) is 7.25. The van der Waals surface area contributed by atoms with Crippen LogP contribution in [0.1, 0.15) is 39.5 Å². The molecule has 108 valence electrons. The van der Waals surface area contributed by atoms with E-state index in [0.29, 0.717) is 6.61 Å². The van der Waals surface area contributed by atoms with Crippen LogP contribution in [0.5, 0.6) is 5.75 Å². The van der Waals surface area contributed by atoms with Gasteiger partial charge in [-0.25, -0.2) is 0 Å². The third-order valence-electron chi connectivity index (χ3n) is 4.11. The molecule has 0 fully saturated rings. The minimum atomic E-state index is -0.0158. The monoisotopic (exact) mass is 281 g/mol. The first-order valence-electron chi connectivity index (χ1n) is 7.25. The van der Waals surface area contributed by atoms with Crippen molar-refractivity contribution in [1.82, 2.24) is 5.32 Å². The first-order chi connectivity index (χ1) is 10.2. The van der Waals surface area contributed by atoms with Crippen molar-refractivity contribution in [2.75, 3.05) is 6.61 Å². The number of nitrogens with one attached hydrogen (secondary N) is 1. The van der Waals surface area contributed by atoms with Crippen LogP contribution in [0.3, 0.4) is 0 Å². The molecule has 0 radical (unpaired) electrons. The molecular weight excluding hydrogens is 262 g/mol. The molecule has 0 saturated carbocycles. The summed E-state index contributed by atoms with van der Waals surface area (Å²) in [5, 5.41) is 3.14. The highest BCUT2D eigenvalue weighted by molar-refractivity contribution is 5.96. The predicted molar refractivity (Wildman–Crippen MR) is 82.7 cm³/mol. The molecule has 0 aliphatic carbocycles. The Bertz CT molecular complexity index is 679. The van der Waals surface area contributed by atoms with E-state index in [1.54, 1.807) is 0 Å². The predicted octanol–water partition coefficient (Wildman–Crippen LogP) is 3.56. The van der Waals surface area contributed by atoms with Crippen molar-refractivity contribution in [2.24, 2.45) is 0 Å². The molecule has 21 heavy (non-hydrogen) atoms. The highest BCUT2D eigenvalue weighted by Crippen LogP contribution is 2.31. The second kappa shape index (κ2) is 5.60. The topological polar surface area (TPSA) is 38.3 Å². The fourth-order valence-electron chi connectivity index (χ4n) is 2.73. The number of carbonyl (C=O) groups excluding carboxylic acids is 1. The van der Waals surface area contributed by atoms with Gasteiger partial charge in [-0.3, -0.25) is 4.79 Å². The van der Waals surface area contributed by atoms with Crippen LogP contribution in [-0.4, -0.2) is 12.5 Å². The molecule has 1 atom stereocenters. The first kappa shape index (κ1) is 13.7. The molecule has 2 aromatic carbocycles. The van der Waals surface area contributed by atoms with Crippen LogP contribution in [0.4, 0.5) is 0 Å². The lowest BCUT2D eigenvalue weighted by Crippen LogP contribution is -2.32. The van der Waals surface area contributed by atoms with E-state index in [-0.39, 0.29) is 11.9 Å². The Hall–Kier alpha value is -2.29. The zero-order valence-corrected chi connectivity index (χ0v) is 12.3. The molecule has 3 rings (SSSR count). The smallest absolute Gasteiger partial charge is 0.252 e. The molecule has 3 heteroatoms. The SMILES string of the molecule is Cc1cccc(C(=O)N[C@H]2CCOc3ccccc32)c1C. The van der Waals surface area contributed by atoms with Gasteiger partial charge in [0.05, 0.1) is 12.6 Å². The number of hydrogen-bond donors (Lipinski definition) is 1. The van der Waals surface area contributed by atoms with E-state index >= 15 is 0 Å². The largest absolute Gasteiger partial charge is 0.493 e. The molecular formula is C18H19NO2. The van der Waals surface area contributed by atoms with Gasteiger partial charge >= 0.3 is 0 Å². The molecule has 1 aliphatic heterocycles. The number of ether oxygens (including phenoxy) is 1. The van der Waals surface area contributed by atoms with Crippen molar-refractivity contribution >= 4 is 5.91 Å². The summed E-state index contributed by atoms with van der Waals surface area (Å²) < 4.78 is 5.63. The fraction of sp³-hybridized carbons (Fsp3) is 0.278. The van der Waals surface area contributed by atoms with E-state index < -0.39 is 0 Å². The fourth-order valence-corrected chi connectivity index (χ4v) is 2.73. The third-order valence-corrected chi connectivity index (χ3v) is 4.11. The molecule has 0 saturated heterocycles. The number of carbonyl (C=O) groups is 1. The van der Waals surface area contributed by atoms with Crippen LogP contribution < -0.4 is 10.1 Å². The van der Waals surface area contributed by atoms with Gasteiger partial charge in [0.1, 0.15) is 5.75 Å². The van der Waals surface area contributed by atoms with Crippen LogP contribution in [0.15, 0.2) is 42.5 Å². The maximum absolute atomic E-state index is 12.5. The molecule has 1 heterocycles. The molecule has 2 aromatic rings. The van der Waals surface area contributed by atoms with Crippen LogP contribution >= 0.6 is 0 Å². The van der Waals surface area contributed by atoms with Gasteiger partial charge in [0.15, 0.2) is 0 Å². The summed E-state index contributed by atoms with van der Waals surface area (Å²) in [6.07, 6.45) is 0.799. The molecule has 1 aliphatic rings. The van der Waals surface area contributed by atoms with Gasteiger partial charge in [-0.05, 0) is 37.1 Å². The number of para-hydroxylation sites is 1. The van der Waals surface area contributed by atoms with E-state index in [2.05, 4.69) is 5.32 Å². The molecule has 1 N–H and O–H groups in total. The van der Waals surface area contributed by atoms with E-state index in [9.17, 15) is 4.79 Å². The van der Waals surface area contributed by atoms with E-state index in [0.717, 1.165) is 34.4 Å². The maximum Gasteiger partial charge on any atom is 0.252 e. The standard InChI is InChI=1S/C18H19NO2/c1-12-6-5-8-14(13(12)2)18(20)19-16-10-11-21-17-9-4-3-7-15(16)17/h3-9,16H,10-11H2,1-2H3,(H,19,20)/t16-/m0/s1. The summed E-state index contributed by atoms with van der Waals surface area (Å²) in [4.78, 5) is 12.5. The second-order valence-electron chi connectivity index (χ2n) is 5.45. The van der Waals surface area contributed by atoms with Crippen LogP contribution in [0.25, 0.3) is 0 Å². The summed E-state index contributed by atoms with van der Waals surface area (Å²) in [5.41, 5.74) is 3.98. The van der Waals surface area contributed by atoms with E-state index in [1.165, 1.54) is 0 Å². The van der Waals surface area contributed by atoms with E-state index in [1.807, 2.05) is 56.3 Å². The Kier molecular flexibility index (Phi) is 3.65. The Balaban J connectivity index is 1.85. The molecule has 3 nitrogen and oxygen atoms in total. The molecule has 1 amide bonds. The Labute approximate surface area is 124 Å². The van der Waals surface area contributed by atoms with Crippen molar-refractivity contribution in [3.63, 3.8) is 0 Å². The zero-order valence-electron chi connectivity index (χ0n) is 12.3. The van der Waals surface area contributed by atoms with Gasteiger partial charge in [0.2, 0.25) is 0 Å². The van der Waals surface area contributed by atoms with Crippen LogP contribution in [0, 0.1) is 13.8 Å². The summed E-state index contributed by atoms with van der Waals surface area (Å²) in [7, 11) is 0. The molecule has 0 aromatic heterocycles. The van der Waals surface area contributed by atoms with Gasteiger partial charge in [-0.2, -0.15) is 0 Å². The lowest BCUT2D eigenvalue weighted by Gasteiger charge is -2.27.